The Morgan fingerprint density at radius 2 is 1.93 bits per heavy atom. The molecule has 3 aromatic rings. The maximum absolute atomic E-state index is 12.2. The van der Waals surface area contributed by atoms with Crippen molar-refractivity contribution in [1.82, 2.24) is 5.32 Å². The number of halogens is 1. The third kappa shape index (κ3) is 4.23. The van der Waals surface area contributed by atoms with Gasteiger partial charge in [-0.1, -0.05) is 29.8 Å². The molecule has 1 aromatic heterocycles. The molecule has 1 aliphatic rings. The molecule has 0 bridgehead atoms. The summed E-state index contributed by atoms with van der Waals surface area (Å²) in [6.07, 6.45) is 1.61. The molecule has 144 valence electrons. The van der Waals surface area contributed by atoms with Gasteiger partial charge >= 0.3 is 0 Å². The van der Waals surface area contributed by atoms with Crippen molar-refractivity contribution >= 4 is 51.9 Å². The highest BCUT2D eigenvalue weighted by molar-refractivity contribution is 8.18. The number of carbonyl (C=O) groups excluding carboxylic acids is 1. The summed E-state index contributed by atoms with van der Waals surface area (Å²) in [6, 6.07) is 16.8. The van der Waals surface area contributed by atoms with Gasteiger partial charge in [0, 0.05) is 23.8 Å². The lowest BCUT2D eigenvalue weighted by molar-refractivity contribution is -0.384. The van der Waals surface area contributed by atoms with E-state index in [2.05, 4.69) is 10.3 Å². The number of thioether (sulfide) groups is 1. The molecule has 0 spiro atoms. The first-order valence-electron chi connectivity index (χ1n) is 8.38. The standard InChI is InChI=1S/C20H12ClN3O4S/c21-16-10-13(24(26)27)6-8-15(16)17-9-7-14(28-17)11-18-19(25)23-20(29-18)22-12-4-2-1-3-5-12/h1-11H,(H,22,23,25)/b18-11+. The van der Waals surface area contributed by atoms with Crippen molar-refractivity contribution in [1.29, 1.82) is 0 Å². The highest BCUT2D eigenvalue weighted by Gasteiger charge is 2.24. The summed E-state index contributed by atoms with van der Waals surface area (Å²) in [7, 11) is 0. The number of para-hydroxylation sites is 1. The lowest BCUT2D eigenvalue weighted by atomic mass is 10.1. The first kappa shape index (κ1) is 19.0. The Labute approximate surface area is 174 Å². The van der Waals surface area contributed by atoms with Crippen molar-refractivity contribution in [3.05, 3.63) is 86.5 Å². The van der Waals surface area contributed by atoms with Crippen LogP contribution in [0.25, 0.3) is 17.4 Å². The van der Waals surface area contributed by atoms with Gasteiger partial charge in [-0.05, 0) is 42.1 Å². The normalized spacial score (nSPS) is 16.4. The number of amides is 1. The van der Waals surface area contributed by atoms with E-state index in [0.29, 0.717) is 27.2 Å². The van der Waals surface area contributed by atoms with Crippen molar-refractivity contribution in [2.24, 2.45) is 4.99 Å². The molecule has 0 unspecified atom stereocenters. The molecule has 1 aliphatic heterocycles. The summed E-state index contributed by atoms with van der Waals surface area (Å²) < 4.78 is 5.75. The van der Waals surface area contributed by atoms with Gasteiger partial charge in [0.1, 0.15) is 11.5 Å². The van der Waals surface area contributed by atoms with Crippen LogP contribution in [0.2, 0.25) is 5.02 Å². The smallest absolute Gasteiger partial charge is 0.270 e. The SMILES string of the molecule is O=C1NC(=Nc2ccccc2)S/C1=C/c1ccc(-c2ccc([N+](=O)[O-])cc2Cl)o1. The quantitative estimate of drug-likeness (QED) is 0.343. The van der Waals surface area contributed by atoms with Crippen molar-refractivity contribution in [3.8, 4) is 11.3 Å². The Hall–Kier alpha value is -3.36. The van der Waals surface area contributed by atoms with Crippen LogP contribution in [0.1, 0.15) is 5.76 Å². The molecule has 0 atom stereocenters. The van der Waals surface area contributed by atoms with E-state index in [9.17, 15) is 14.9 Å². The Bertz CT molecular complexity index is 1170. The van der Waals surface area contributed by atoms with Gasteiger partial charge in [-0.25, -0.2) is 4.99 Å². The van der Waals surface area contributed by atoms with Crippen molar-refractivity contribution in [3.63, 3.8) is 0 Å². The number of nitrogens with one attached hydrogen (secondary N) is 1. The van der Waals surface area contributed by atoms with E-state index in [1.165, 1.54) is 30.0 Å². The zero-order valence-electron chi connectivity index (χ0n) is 14.7. The number of nitro benzene ring substituents is 1. The van der Waals surface area contributed by atoms with Crippen LogP contribution in [0.5, 0.6) is 0 Å². The Morgan fingerprint density at radius 1 is 1.14 bits per heavy atom. The third-order valence-corrected chi connectivity index (χ3v) is 5.19. The number of rotatable bonds is 4. The van der Waals surface area contributed by atoms with E-state index >= 15 is 0 Å². The minimum absolute atomic E-state index is 0.100. The lowest BCUT2D eigenvalue weighted by Crippen LogP contribution is -2.19. The number of benzene rings is 2. The fourth-order valence-corrected chi connectivity index (χ4v) is 3.71. The third-order valence-electron chi connectivity index (χ3n) is 3.97. The molecule has 2 heterocycles. The summed E-state index contributed by atoms with van der Waals surface area (Å²) in [5.74, 6) is 0.627. The highest BCUT2D eigenvalue weighted by Crippen LogP contribution is 2.34. The van der Waals surface area contributed by atoms with E-state index in [1.807, 2.05) is 30.3 Å². The number of nitro groups is 1. The number of non-ortho nitro benzene ring substituents is 1. The molecular weight excluding hydrogens is 414 g/mol. The molecule has 1 fully saturated rings. The number of hydrogen-bond donors (Lipinski definition) is 1. The molecule has 1 N–H and O–H groups in total. The highest BCUT2D eigenvalue weighted by atomic mass is 35.5. The van der Waals surface area contributed by atoms with Gasteiger partial charge in [-0.3, -0.25) is 14.9 Å². The van der Waals surface area contributed by atoms with Crippen molar-refractivity contribution in [2.75, 3.05) is 0 Å². The molecule has 7 nitrogen and oxygen atoms in total. The van der Waals surface area contributed by atoms with Crippen LogP contribution in [-0.2, 0) is 4.79 Å². The predicted molar refractivity (Wildman–Crippen MR) is 113 cm³/mol. The van der Waals surface area contributed by atoms with Gasteiger partial charge in [0.2, 0.25) is 0 Å². The van der Waals surface area contributed by atoms with Crippen molar-refractivity contribution in [2.45, 2.75) is 0 Å². The van der Waals surface area contributed by atoms with E-state index in [4.69, 9.17) is 16.0 Å². The van der Waals surface area contributed by atoms with Crippen LogP contribution in [0.4, 0.5) is 11.4 Å². The Balaban J connectivity index is 1.56. The van der Waals surface area contributed by atoms with Crippen LogP contribution in [0, 0.1) is 10.1 Å². The van der Waals surface area contributed by atoms with Crippen LogP contribution >= 0.6 is 23.4 Å². The minimum Gasteiger partial charge on any atom is -0.457 e. The number of amidine groups is 1. The van der Waals surface area contributed by atoms with Gasteiger partial charge in [-0.2, -0.15) is 0 Å². The monoisotopic (exact) mass is 425 g/mol. The molecule has 4 rings (SSSR count). The molecule has 0 aliphatic carbocycles. The van der Waals surface area contributed by atoms with Gasteiger partial charge in [-0.15, -0.1) is 0 Å². The van der Waals surface area contributed by atoms with E-state index in [-0.39, 0.29) is 16.6 Å². The second-order valence-electron chi connectivity index (χ2n) is 5.94. The van der Waals surface area contributed by atoms with Crippen LogP contribution in [-0.4, -0.2) is 16.0 Å². The number of furan rings is 1. The molecular formula is C20H12ClN3O4S. The summed E-state index contributed by atoms with van der Waals surface area (Å²) in [6.45, 7) is 0. The maximum Gasteiger partial charge on any atom is 0.270 e. The average Bonchev–Trinajstić information content (AvgIpc) is 3.29. The number of carbonyl (C=O) groups is 1. The van der Waals surface area contributed by atoms with E-state index in [1.54, 1.807) is 18.2 Å². The van der Waals surface area contributed by atoms with Crippen molar-refractivity contribution < 1.29 is 14.1 Å². The Morgan fingerprint density at radius 3 is 2.66 bits per heavy atom. The predicted octanol–water partition coefficient (Wildman–Crippen LogP) is 5.40. The van der Waals surface area contributed by atoms with Crippen LogP contribution < -0.4 is 5.32 Å². The van der Waals surface area contributed by atoms with Crippen LogP contribution in [0.3, 0.4) is 0 Å². The molecule has 1 saturated heterocycles. The molecule has 0 saturated carbocycles. The maximum atomic E-state index is 12.2. The van der Waals surface area contributed by atoms with E-state index in [0.717, 1.165) is 5.69 Å². The zero-order valence-corrected chi connectivity index (χ0v) is 16.2. The average molecular weight is 426 g/mol. The van der Waals surface area contributed by atoms with E-state index < -0.39 is 4.92 Å². The summed E-state index contributed by atoms with van der Waals surface area (Å²) in [5.41, 5.74) is 1.17. The van der Waals surface area contributed by atoms with Crippen LogP contribution in [0.15, 0.2) is 75.0 Å². The molecule has 29 heavy (non-hydrogen) atoms. The summed E-state index contributed by atoms with van der Waals surface area (Å²) in [5, 5.41) is 14.2. The first-order chi connectivity index (χ1) is 14.0. The van der Waals surface area contributed by atoms with Gasteiger partial charge in [0.05, 0.1) is 20.5 Å². The fraction of sp³-hybridized carbons (Fsp3) is 0. The molecule has 1 amide bonds. The largest absolute Gasteiger partial charge is 0.457 e. The number of nitrogens with zero attached hydrogens (tertiary/aromatic N) is 2. The zero-order chi connectivity index (χ0) is 20.4. The summed E-state index contributed by atoms with van der Waals surface area (Å²) >= 11 is 7.35. The number of aliphatic imine (C=N–C) groups is 1. The van der Waals surface area contributed by atoms with Gasteiger partial charge in [0.15, 0.2) is 5.17 Å². The second-order valence-corrected chi connectivity index (χ2v) is 7.38. The molecule has 2 aromatic carbocycles. The lowest BCUT2D eigenvalue weighted by Gasteiger charge is -2.00. The molecule has 0 radical (unpaired) electrons. The Kier molecular flexibility index (Phi) is 5.20. The fourth-order valence-electron chi connectivity index (χ4n) is 2.62. The number of hydrogen-bond acceptors (Lipinski definition) is 6. The van der Waals surface area contributed by atoms with Gasteiger partial charge in [0.25, 0.3) is 11.6 Å². The summed E-state index contributed by atoms with van der Waals surface area (Å²) in [4.78, 5) is 27.4. The topological polar surface area (TPSA) is 97.7 Å². The second kappa shape index (κ2) is 7.94. The first-order valence-corrected chi connectivity index (χ1v) is 9.58. The minimum atomic E-state index is -0.516. The molecule has 9 heteroatoms. The van der Waals surface area contributed by atoms with Gasteiger partial charge < -0.3 is 9.73 Å².